The zero-order chi connectivity index (χ0) is 14.3. The van der Waals surface area contributed by atoms with E-state index in [1.807, 2.05) is 6.20 Å². The average molecular weight is 278 g/mol. The summed E-state index contributed by atoms with van der Waals surface area (Å²) in [5.74, 6) is -0.885. The Labute approximate surface area is 116 Å². The SMILES string of the molecule is CC(=O)N[C@@H]1CC(C(=O)O)C[C@@H]1n1cc(C2CC2)nn1. The van der Waals surface area contributed by atoms with Crippen LogP contribution in [0.3, 0.4) is 0 Å². The van der Waals surface area contributed by atoms with E-state index >= 15 is 0 Å². The van der Waals surface area contributed by atoms with Gasteiger partial charge in [0, 0.05) is 19.0 Å². The molecule has 0 saturated heterocycles. The third kappa shape index (κ3) is 2.52. The van der Waals surface area contributed by atoms with Gasteiger partial charge in [0.05, 0.1) is 23.7 Å². The molecular weight excluding hydrogens is 260 g/mol. The van der Waals surface area contributed by atoms with E-state index in [4.69, 9.17) is 0 Å². The fraction of sp³-hybridized carbons (Fsp3) is 0.692. The smallest absolute Gasteiger partial charge is 0.306 e. The first-order valence-electron chi connectivity index (χ1n) is 6.96. The number of nitrogens with zero attached hydrogens (tertiary/aromatic N) is 3. The van der Waals surface area contributed by atoms with Crippen molar-refractivity contribution in [3.63, 3.8) is 0 Å². The Morgan fingerprint density at radius 1 is 1.40 bits per heavy atom. The Balaban J connectivity index is 1.79. The van der Waals surface area contributed by atoms with E-state index in [0.29, 0.717) is 18.8 Å². The quantitative estimate of drug-likeness (QED) is 0.844. The highest BCUT2D eigenvalue weighted by atomic mass is 16.4. The van der Waals surface area contributed by atoms with Crippen LogP contribution in [0.1, 0.15) is 50.3 Å². The second-order valence-corrected chi connectivity index (χ2v) is 5.78. The first-order chi connectivity index (χ1) is 9.54. The minimum absolute atomic E-state index is 0.125. The summed E-state index contributed by atoms with van der Waals surface area (Å²) >= 11 is 0. The molecular formula is C13H18N4O3. The van der Waals surface area contributed by atoms with Crippen molar-refractivity contribution in [2.75, 3.05) is 0 Å². The van der Waals surface area contributed by atoms with Crippen LogP contribution in [-0.4, -0.2) is 38.0 Å². The van der Waals surface area contributed by atoms with Gasteiger partial charge in [-0.15, -0.1) is 5.10 Å². The van der Waals surface area contributed by atoms with Gasteiger partial charge in [-0.2, -0.15) is 0 Å². The normalized spacial score (nSPS) is 29.4. The summed E-state index contributed by atoms with van der Waals surface area (Å²) < 4.78 is 1.73. The largest absolute Gasteiger partial charge is 0.481 e. The number of aliphatic carboxylic acids is 1. The molecule has 1 unspecified atom stereocenters. The highest BCUT2D eigenvalue weighted by Crippen LogP contribution is 2.40. The van der Waals surface area contributed by atoms with Crippen LogP contribution in [0.5, 0.6) is 0 Å². The minimum Gasteiger partial charge on any atom is -0.481 e. The Morgan fingerprint density at radius 3 is 2.75 bits per heavy atom. The average Bonchev–Trinajstić information content (AvgIpc) is 2.96. The van der Waals surface area contributed by atoms with Gasteiger partial charge in [-0.3, -0.25) is 9.59 Å². The maximum absolute atomic E-state index is 11.3. The fourth-order valence-electron chi connectivity index (χ4n) is 2.94. The van der Waals surface area contributed by atoms with Gasteiger partial charge in [-0.1, -0.05) is 5.21 Å². The molecule has 1 aromatic rings. The molecule has 108 valence electrons. The standard InChI is InChI=1S/C13H18N4O3/c1-7(18)14-10-4-9(13(19)20)5-12(10)17-6-11(15-16-17)8-2-3-8/h6,8-10,12H,2-5H2,1H3,(H,14,18)(H,19,20)/t9?,10-,12+/m1/s1. The summed E-state index contributed by atoms with van der Waals surface area (Å²) in [7, 11) is 0. The first-order valence-corrected chi connectivity index (χ1v) is 6.96. The lowest BCUT2D eigenvalue weighted by Crippen LogP contribution is -2.37. The van der Waals surface area contributed by atoms with Crippen molar-refractivity contribution < 1.29 is 14.7 Å². The molecule has 1 heterocycles. The molecule has 1 amide bonds. The van der Waals surface area contributed by atoms with Crippen molar-refractivity contribution in [2.24, 2.45) is 5.92 Å². The van der Waals surface area contributed by atoms with Crippen molar-refractivity contribution in [1.29, 1.82) is 0 Å². The van der Waals surface area contributed by atoms with Crippen molar-refractivity contribution >= 4 is 11.9 Å². The molecule has 0 bridgehead atoms. The molecule has 20 heavy (non-hydrogen) atoms. The predicted molar refractivity (Wildman–Crippen MR) is 69.0 cm³/mol. The molecule has 2 N–H and O–H groups in total. The monoisotopic (exact) mass is 278 g/mol. The zero-order valence-corrected chi connectivity index (χ0v) is 11.3. The van der Waals surface area contributed by atoms with E-state index < -0.39 is 11.9 Å². The second kappa shape index (κ2) is 4.88. The topological polar surface area (TPSA) is 97.1 Å². The molecule has 1 aromatic heterocycles. The number of carboxylic acids is 1. The van der Waals surface area contributed by atoms with Crippen LogP contribution in [0.15, 0.2) is 6.20 Å². The summed E-state index contributed by atoms with van der Waals surface area (Å²) in [5, 5.41) is 20.3. The van der Waals surface area contributed by atoms with E-state index in [1.54, 1.807) is 4.68 Å². The maximum atomic E-state index is 11.3. The van der Waals surface area contributed by atoms with Gasteiger partial charge in [0.25, 0.3) is 0 Å². The highest BCUT2D eigenvalue weighted by Gasteiger charge is 2.40. The molecule has 2 fully saturated rings. The van der Waals surface area contributed by atoms with Crippen LogP contribution in [-0.2, 0) is 9.59 Å². The summed E-state index contributed by atoms with van der Waals surface area (Å²) in [6.45, 7) is 1.45. The van der Waals surface area contributed by atoms with Gasteiger partial charge < -0.3 is 10.4 Å². The number of carboxylic acid groups (broad SMARTS) is 1. The van der Waals surface area contributed by atoms with Gasteiger partial charge in [0.15, 0.2) is 0 Å². The van der Waals surface area contributed by atoms with E-state index in [-0.39, 0.29) is 18.0 Å². The van der Waals surface area contributed by atoms with Gasteiger partial charge in [0.2, 0.25) is 5.91 Å². The predicted octanol–water partition coefficient (Wildman–Crippen LogP) is 0.696. The zero-order valence-electron chi connectivity index (χ0n) is 11.3. The van der Waals surface area contributed by atoms with Crippen molar-refractivity contribution in [3.8, 4) is 0 Å². The number of hydrogen-bond donors (Lipinski definition) is 2. The molecule has 2 saturated carbocycles. The van der Waals surface area contributed by atoms with E-state index in [9.17, 15) is 14.7 Å². The van der Waals surface area contributed by atoms with Crippen molar-refractivity contribution in [1.82, 2.24) is 20.3 Å². The summed E-state index contributed by atoms with van der Waals surface area (Å²) in [6, 6.07) is -0.317. The summed E-state index contributed by atoms with van der Waals surface area (Å²) in [4.78, 5) is 22.4. The molecule has 2 aliphatic rings. The first kappa shape index (κ1) is 13.1. The Morgan fingerprint density at radius 2 is 2.15 bits per heavy atom. The molecule has 3 atom stereocenters. The van der Waals surface area contributed by atoms with Gasteiger partial charge in [-0.05, 0) is 25.7 Å². The van der Waals surface area contributed by atoms with Gasteiger partial charge in [0.1, 0.15) is 0 Å². The summed E-state index contributed by atoms with van der Waals surface area (Å²) in [6.07, 6.45) is 5.12. The molecule has 0 spiro atoms. The van der Waals surface area contributed by atoms with Crippen LogP contribution in [0.2, 0.25) is 0 Å². The Bertz CT molecular complexity index is 537. The van der Waals surface area contributed by atoms with Crippen LogP contribution >= 0.6 is 0 Å². The molecule has 3 rings (SSSR count). The van der Waals surface area contributed by atoms with Crippen LogP contribution in [0.25, 0.3) is 0 Å². The van der Waals surface area contributed by atoms with Crippen molar-refractivity contribution in [2.45, 2.75) is 50.6 Å². The Kier molecular flexibility index (Phi) is 3.19. The van der Waals surface area contributed by atoms with Gasteiger partial charge >= 0.3 is 5.97 Å². The maximum Gasteiger partial charge on any atom is 0.306 e. The number of nitrogens with one attached hydrogen (secondary N) is 1. The lowest BCUT2D eigenvalue weighted by molar-refractivity contribution is -0.141. The van der Waals surface area contributed by atoms with Crippen LogP contribution in [0, 0.1) is 5.92 Å². The third-order valence-electron chi connectivity index (χ3n) is 4.13. The summed E-state index contributed by atoms with van der Waals surface area (Å²) in [5.41, 5.74) is 0.977. The molecule has 0 aromatic carbocycles. The number of rotatable bonds is 4. The fourth-order valence-corrected chi connectivity index (χ4v) is 2.94. The minimum atomic E-state index is -0.814. The van der Waals surface area contributed by atoms with E-state index in [1.165, 1.54) is 6.92 Å². The Hall–Kier alpha value is -1.92. The molecule has 7 nitrogen and oxygen atoms in total. The number of hydrogen-bond acceptors (Lipinski definition) is 4. The third-order valence-corrected chi connectivity index (χ3v) is 4.13. The molecule has 2 aliphatic carbocycles. The van der Waals surface area contributed by atoms with E-state index in [0.717, 1.165) is 18.5 Å². The highest BCUT2D eigenvalue weighted by molar-refractivity contribution is 5.74. The number of carbonyl (C=O) groups excluding carboxylic acids is 1. The lowest BCUT2D eigenvalue weighted by atomic mass is 10.1. The lowest BCUT2D eigenvalue weighted by Gasteiger charge is -2.19. The van der Waals surface area contributed by atoms with E-state index in [2.05, 4.69) is 15.6 Å². The second-order valence-electron chi connectivity index (χ2n) is 5.78. The number of amides is 1. The van der Waals surface area contributed by atoms with Crippen LogP contribution < -0.4 is 5.32 Å². The van der Waals surface area contributed by atoms with Crippen LogP contribution in [0.4, 0.5) is 0 Å². The molecule has 0 aliphatic heterocycles. The van der Waals surface area contributed by atoms with Crippen molar-refractivity contribution in [3.05, 3.63) is 11.9 Å². The van der Waals surface area contributed by atoms with Gasteiger partial charge in [-0.25, -0.2) is 4.68 Å². The number of carbonyl (C=O) groups is 2. The molecule has 7 heteroatoms. The molecule has 0 radical (unpaired) electrons. The number of aromatic nitrogens is 3.